The topological polar surface area (TPSA) is 97.4 Å². The summed E-state index contributed by atoms with van der Waals surface area (Å²) < 4.78 is 64.4. The number of anilines is 4. The van der Waals surface area contributed by atoms with Crippen molar-refractivity contribution in [2.24, 2.45) is 0 Å². The number of allylic oxidation sites excluding steroid dienone is 1. The first-order valence-corrected chi connectivity index (χ1v) is 8.00. The van der Waals surface area contributed by atoms with E-state index in [0.29, 0.717) is 0 Å². The number of nitriles is 2. The van der Waals surface area contributed by atoms with E-state index in [-0.39, 0.29) is 75.6 Å². The molecule has 1 heterocycles. The molecule has 0 fully saturated rings. The van der Waals surface area contributed by atoms with Crippen LogP contribution >= 0.6 is 0 Å². The van der Waals surface area contributed by atoms with Crippen LogP contribution in [0.4, 0.5) is 23.1 Å². The number of hydrogen-bond donors (Lipinski definition) is 2. The lowest BCUT2D eigenvalue weighted by atomic mass is 10.0. The van der Waals surface area contributed by atoms with E-state index in [4.69, 9.17) is 21.5 Å². The third-order valence-corrected chi connectivity index (χ3v) is 3.53. The molecule has 6 nitrogen and oxygen atoms in total. The Balaban J connectivity index is 2.08. The van der Waals surface area contributed by atoms with Crippen molar-refractivity contribution in [1.82, 2.24) is 9.97 Å². The van der Waals surface area contributed by atoms with Gasteiger partial charge in [-0.3, -0.25) is 0 Å². The molecule has 28 heavy (non-hydrogen) atoms. The molecule has 0 atom stereocenters. The van der Waals surface area contributed by atoms with Crippen LogP contribution in [0.2, 0.25) is 0 Å². The SMILES string of the molecule is [2H]/C(C#N)=C(/[2H])c1c([2H])c(C)c(Nc2nc(Nc3cc([2H])c(C#N)c([2H])c3)nc([2H])c2[2H])c(C)c1[2H]. The van der Waals surface area contributed by atoms with E-state index < -0.39 is 18.3 Å². The summed E-state index contributed by atoms with van der Waals surface area (Å²) >= 11 is 0. The average Bonchev–Trinajstić information content (AvgIpc) is 2.82. The van der Waals surface area contributed by atoms with Crippen LogP contribution < -0.4 is 10.6 Å². The lowest BCUT2D eigenvalue weighted by molar-refractivity contribution is 1.16. The molecule has 0 spiro atoms. The van der Waals surface area contributed by atoms with E-state index in [1.165, 1.54) is 32.0 Å². The summed E-state index contributed by atoms with van der Waals surface area (Å²) in [4.78, 5) is 8.09. The van der Waals surface area contributed by atoms with Gasteiger partial charge < -0.3 is 10.6 Å². The smallest absolute Gasteiger partial charge is 0.229 e. The second kappa shape index (κ2) is 8.48. The summed E-state index contributed by atoms with van der Waals surface area (Å²) in [5.41, 5.74) is 0.747. The fourth-order valence-electron chi connectivity index (χ4n) is 2.33. The van der Waals surface area contributed by atoms with Crippen molar-refractivity contribution < 1.29 is 11.0 Å². The Bertz CT molecular complexity index is 1470. The van der Waals surface area contributed by atoms with Gasteiger partial charge in [-0.15, -0.1) is 0 Å². The molecule has 0 aliphatic rings. The van der Waals surface area contributed by atoms with E-state index >= 15 is 0 Å². The molecule has 0 saturated carbocycles. The summed E-state index contributed by atoms with van der Waals surface area (Å²) in [6.07, 6.45) is -0.450. The predicted octanol–water partition coefficient (Wildman–Crippen LogP) is 4.99. The monoisotopic (exact) mass is 374 g/mol. The van der Waals surface area contributed by atoms with Crippen LogP contribution in [-0.2, 0) is 0 Å². The van der Waals surface area contributed by atoms with E-state index in [1.807, 2.05) is 0 Å². The lowest BCUT2D eigenvalue weighted by Crippen LogP contribution is -2.02. The Hall–Kier alpha value is -4.16. The second-order valence-electron chi connectivity index (χ2n) is 5.51. The quantitative estimate of drug-likeness (QED) is 0.611. The minimum Gasteiger partial charge on any atom is -0.340 e. The number of nitrogens with zero attached hydrogens (tertiary/aromatic N) is 4. The van der Waals surface area contributed by atoms with E-state index in [2.05, 4.69) is 20.6 Å². The van der Waals surface area contributed by atoms with E-state index in [1.54, 1.807) is 6.07 Å². The van der Waals surface area contributed by atoms with Gasteiger partial charge in [-0.2, -0.15) is 15.5 Å². The van der Waals surface area contributed by atoms with Gasteiger partial charge in [-0.1, -0.05) is 0 Å². The molecular formula is C22H18N6. The molecule has 1 aromatic heterocycles. The summed E-state index contributed by atoms with van der Waals surface area (Å²) in [7, 11) is 0. The maximum absolute atomic E-state index is 9.04. The molecule has 0 aliphatic carbocycles. The Morgan fingerprint density at radius 3 is 2.46 bits per heavy atom. The number of aromatic nitrogens is 2. The number of nitrogens with one attached hydrogen (secondary N) is 2. The van der Waals surface area contributed by atoms with E-state index in [0.717, 1.165) is 0 Å². The minimum atomic E-state index is -0.676. The molecule has 0 saturated heterocycles. The highest BCUT2D eigenvalue weighted by Gasteiger charge is 2.07. The highest BCUT2D eigenvalue weighted by Crippen LogP contribution is 2.26. The van der Waals surface area contributed by atoms with Gasteiger partial charge in [0.15, 0.2) is 0 Å². The zero-order valence-electron chi connectivity index (χ0n) is 22.9. The summed E-state index contributed by atoms with van der Waals surface area (Å²) in [6, 6.07) is 3.46. The molecule has 3 aromatic rings. The minimum absolute atomic E-state index is 0.101. The van der Waals surface area contributed by atoms with Crippen molar-refractivity contribution in [3.63, 3.8) is 0 Å². The van der Waals surface area contributed by atoms with Crippen LogP contribution in [0, 0.1) is 36.5 Å². The zero-order valence-corrected chi connectivity index (χ0v) is 14.9. The molecule has 0 unspecified atom stereocenters. The first kappa shape index (κ1) is 10.9. The van der Waals surface area contributed by atoms with Crippen LogP contribution in [0.1, 0.15) is 33.2 Å². The second-order valence-corrected chi connectivity index (χ2v) is 5.51. The van der Waals surface area contributed by atoms with Crippen LogP contribution in [0.5, 0.6) is 0 Å². The van der Waals surface area contributed by atoms with Gasteiger partial charge in [0.1, 0.15) is 5.82 Å². The molecule has 0 radical (unpaired) electrons. The summed E-state index contributed by atoms with van der Waals surface area (Å²) in [6.45, 7) is 3.08. The lowest BCUT2D eigenvalue weighted by Gasteiger charge is -2.14. The highest BCUT2D eigenvalue weighted by atomic mass is 15.1. The van der Waals surface area contributed by atoms with Crippen LogP contribution in [0.3, 0.4) is 0 Å². The fraction of sp³-hybridized carbons (Fsp3) is 0.0909. The molecular weight excluding hydrogens is 348 g/mol. The fourth-order valence-corrected chi connectivity index (χ4v) is 2.33. The first-order valence-electron chi connectivity index (χ1n) is 12.0. The van der Waals surface area contributed by atoms with Crippen molar-refractivity contribution in [3.05, 3.63) is 76.8 Å². The molecule has 0 bridgehead atoms. The van der Waals surface area contributed by atoms with Crippen LogP contribution in [0.15, 0.2) is 54.6 Å². The normalized spacial score (nSPS) is 15.0. The van der Waals surface area contributed by atoms with Crippen molar-refractivity contribution >= 4 is 29.2 Å². The third kappa shape index (κ3) is 4.51. The van der Waals surface area contributed by atoms with Gasteiger partial charge in [-0.25, -0.2) is 4.98 Å². The average molecular weight is 374 g/mol. The summed E-state index contributed by atoms with van der Waals surface area (Å²) in [5, 5.41) is 23.6. The van der Waals surface area contributed by atoms with Gasteiger partial charge in [0.25, 0.3) is 0 Å². The molecule has 0 amide bonds. The standard InChI is InChI=1S/C22H18N6/c1-15-12-18(4-3-10-23)13-16(2)21(15)27-20-9-11-25-22(28-20)26-19-7-5-17(14-24)6-8-19/h3-9,11-13H,1-2H3,(H2,25,26,27,28)/b4-3+/i3D,4D,5D,6D,9D,11D,12D,13D. The molecule has 3 rings (SSSR count). The third-order valence-electron chi connectivity index (χ3n) is 3.53. The number of benzene rings is 2. The molecule has 2 aromatic carbocycles. The molecule has 2 N–H and O–H groups in total. The van der Waals surface area contributed by atoms with Gasteiger partial charge >= 0.3 is 0 Å². The predicted molar refractivity (Wildman–Crippen MR) is 110 cm³/mol. The Labute approximate surface area is 175 Å². The maximum atomic E-state index is 9.04. The Morgan fingerprint density at radius 1 is 1.11 bits per heavy atom. The highest BCUT2D eigenvalue weighted by molar-refractivity contribution is 5.69. The zero-order chi connectivity index (χ0) is 26.9. The van der Waals surface area contributed by atoms with Crippen LogP contribution in [-0.4, -0.2) is 9.97 Å². The van der Waals surface area contributed by atoms with Crippen molar-refractivity contribution in [1.29, 1.82) is 10.5 Å². The number of hydrogen-bond acceptors (Lipinski definition) is 6. The van der Waals surface area contributed by atoms with Gasteiger partial charge in [0.2, 0.25) is 5.95 Å². The van der Waals surface area contributed by atoms with Gasteiger partial charge in [0.05, 0.1) is 28.7 Å². The molecule has 6 heteroatoms. The Kier molecular flexibility index (Phi) is 3.29. The Morgan fingerprint density at radius 2 is 1.82 bits per heavy atom. The molecule has 0 aliphatic heterocycles. The van der Waals surface area contributed by atoms with Crippen molar-refractivity contribution in [2.45, 2.75) is 13.8 Å². The molecule has 136 valence electrons. The van der Waals surface area contributed by atoms with Crippen molar-refractivity contribution in [2.75, 3.05) is 10.6 Å². The van der Waals surface area contributed by atoms with Gasteiger partial charge in [-0.05, 0) is 78.9 Å². The number of rotatable bonds is 5. The van der Waals surface area contributed by atoms with Gasteiger partial charge in [0, 0.05) is 23.6 Å². The van der Waals surface area contributed by atoms with Crippen LogP contribution in [0.25, 0.3) is 6.05 Å². The first-order chi connectivity index (χ1) is 16.9. The largest absolute Gasteiger partial charge is 0.340 e. The maximum Gasteiger partial charge on any atom is 0.229 e. The van der Waals surface area contributed by atoms with Crippen molar-refractivity contribution in [3.8, 4) is 12.1 Å². The summed E-state index contributed by atoms with van der Waals surface area (Å²) in [5.74, 6) is -0.253. The van der Waals surface area contributed by atoms with E-state index in [9.17, 15) is 0 Å².